The lowest BCUT2D eigenvalue weighted by atomic mass is 9.76. The van der Waals surface area contributed by atoms with Crippen LogP contribution in [0.1, 0.15) is 73.5 Å². The predicted molar refractivity (Wildman–Crippen MR) is 266 cm³/mol. The minimum atomic E-state index is -1.10. The Balaban J connectivity index is 1.05. The Labute approximate surface area is 396 Å². The molecule has 1 atom stereocenters. The molecule has 0 amide bonds. The van der Waals surface area contributed by atoms with E-state index in [-0.39, 0.29) is 19.2 Å². The van der Waals surface area contributed by atoms with E-state index in [0.29, 0.717) is 35.8 Å². The van der Waals surface area contributed by atoms with Crippen LogP contribution in [0.25, 0.3) is 28.0 Å². The lowest BCUT2D eigenvalue weighted by Gasteiger charge is -2.39. The third kappa shape index (κ3) is 7.86. The molecule has 11 rings (SSSR count). The number of para-hydroxylation sites is 1. The van der Waals surface area contributed by atoms with Gasteiger partial charge in [0.1, 0.15) is 30.5 Å². The fraction of sp³-hybridized carbons (Fsp3) is 0.167. The summed E-state index contributed by atoms with van der Waals surface area (Å²) in [7, 11) is 0. The van der Waals surface area contributed by atoms with Gasteiger partial charge in [0.15, 0.2) is 5.60 Å². The predicted octanol–water partition coefficient (Wildman–Crippen LogP) is 12.8. The first-order valence-electron chi connectivity index (χ1n) is 23.1. The van der Waals surface area contributed by atoms with Crippen LogP contribution in [0.3, 0.4) is 0 Å². The molecule has 8 heteroatoms. The Morgan fingerprint density at radius 3 is 1.79 bits per heavy atom. The number of fused-ring (bicyclic) bond motifs is 8. The van der Waals surface area contributed by atoms with Crippen molar-refractivity contribution in [1.82, 2.24) is 0 Å². The summed E-state index contributed by atoms with van der Waals surface area (Å²) in [6, 6.07) is 57.4. The molecule has 0 N–H and O–H groups in total. The quantitative estimate of drug-likeness (QED) is 0.119. The molecule has 2 aliphatic heterocycles. The summed E-state index contributed by atoms with van der Waals surface area (Å²) in [6.07, 6.45) is 4.34. The van der Waals surface area contributed by atoms with Crippen LogP contribution in [0.2, 0.25) is 0 Å². The van der Waals surface area contributed by atoms with E-state index in [9.17, 15) is 9.59 Å². The molecule has 1 fully saturated rings. The molecular weight excluding hydrogens is 847 g/mol. The smallest absolute Gasteiger partial charge is 0.338 e. The first-order chi connectivity index (χ1) is 33.2. The lowest BCUT2D eigenvalue weighted by Crippen LogP contribution is -2.37. The highest BCUT2D eigenvalue weighted by Crippen LogP contribution is 2.58. The maximum atomic E-state index is 14.0. The number of morpholine rings is 1. The zero-order valence-electron chi connectivity index (χ0n) is 37.9. The van der Waals surface area contributed by atoms with Crippen LogP contribution in [0, 0.1) is 0 Å². The molecule has 68 heavy (non-hydrogen) atoms. The second-order valence-corrected chi connectivity index (χ2v) is 18.0. The fourth-order valence-corrected chi connectivity index (χ4v) is 9.97. The maximum absolute atomic E-state index is 14.0. The molecule has 0 aromatic heterocycles. The monoisotopic (exact) mass is 895 g/mol. The van der Waals surface area contributed by atoms with Crippen LogP contribution in [0.4, 0.5) is 5.69 Å². The standard InChI is InChI=1S/C60H49NO7/c1-59(2)53-37-43(58(63)66-39-41-14-8-4-9-15-41)19-29-50(53)54-49-28-18-42(57(62)65-38-40-12-6-3-7-13-40)36-52(49)56-51(55(54)59)30-31-60(68-56,44-20-24-46(25-21-44)61-32-34-64-35-33-61)45-22-26-48(27-23-45)67-47-16-10-5-11-17-47/h3-31,36-37H,32-35,38-39H2,1-2H3. The summed E-state index contributed by atoms with van der Waals surface area (Å²) in [5.41, 5.74) is 9.00. The van der Waals surface area contributed by atoms with Gasteiger partial charge in [-0.05, 0) is 106 Å². The number of hydrogen-bond donors (Lipinski definition) is 0. The lowest BCUT2D eigenvalue weighted by molar-refractivity contribution is 0.0464. The van der Waals surface area contributed by atoms with E-state index in [4.69, 9.17) is 23.7 Å². The highest BCUT2D eigenvalue weighted by Gasteiger charge is 2.45. The van der Waals surface area contributed by atoms with E-state index in [2.05, 4.69) is 67.3 Å². The van der Waals surface area contributed by atoms with Crippen LogP contribution < -0.4 is 14.4 Å². The number of esters is 2. The molecule has 8 aromatic rings. The first-order valence-corrected chi connectivity index (χ1v) is 23.1. The summed E-state index contributed by atoms with van der Waals surface area (Å²) in [5.74, 6) is 1.26. The molecule has 0 spiro atoms. The molecule has 1 aliphatic carbocycles. The number of ether oxygens (including phenoxy) is 5. The summed E-state index contributed by atoms with van der Waals surface area (Å²) in [4.78, 5) is 29.9. The van der Waals surface area contributed by atoms with E-state index in [1.807, 2.05) is 140 Å². The molecular formula is C60H49NO7. The number of carbonyl (C=O) groups is 2. The van der Waals surface area contributed by atoms with Crippen molar-refractivity contribution in [2.45, 2.75) is 38.1 Å². The van der Waals surface area contributed by atoms with Crippen molar-refractivity contribution >= 4 is 34.5 Å². The number of nitrogens with zero attached hydrogens (tertiary/aromatic N) is 1. The van der Waals surface area contributed by atoms with Gasteiger partial charge in [0.05, 0.1) is 24.3 Å². The minimum absolute atomic E-state index is 0.143. The SMILES string of the molecule is CC1(C)c2cc(C(=O)OCc3ccccc3)ccc2-c2c1c1c(c3cc(C(=O)OCc4ccccc4)ccc23)OC(c2ccc(Oc3ccccc3)cc2)(c2ccc(N3CCOCC3)cc2)C=C1. The van der Waals surface area contributed by atoms with Gasteiger partial charge in [-0.15, -0.1) is 0 Å². The first kappa shape index (κ1) is 42.7. The van der Waals surface area contributed by atoms with Crippen molar-refractivity contribution in [3.8, 4) is 28.4 Å². The average Bonchev–Trinajstić information content (AvgIpc) is 3.64. The molecule has 2 heterocycles. The van der Waals surface area contributed by atoms with Crippen molar-refractivity contribution in [3.05, 3.63) is 232 Å². The average molecular weight is 896 g/mol. The van der Waals surface area contributed by atoms with Gasteiger partial charge in [0.2, 0.25) is 0 Å². The van der Waals surface area contributed by atoms with Crippen molar-refractivity contribution in [3.63, 3.8) is 0 Å². The normalized spacial score (nSPS) is 16.5. The van der Waals surface area contributed by atoms with Crippen LogP contribution >= 0.6 is 0 Å². The second kappa shape index (κ2) is 17.7. The Hall–Kier alpha value is -7.94. The Bertz CT molecular complexity index is 3200. The van der Waals surface area contributed by atoms with E-state index < -0.39 is 17.0 Å². The molecule has 0 radical (unpaired) electrons. The third-order valence-corrected chi connectivity index (χ3v) is 13.5. The fourth-order valence-electron chi connectivity index (χ4n) is 9.97. The third-order valence-electron chi connectivity index (χ3n) is 13.5. The molecule has 0 saturated carbocycles. The van der Waals surface area contributed by atoms with E-state index in [1.165, 1.54) is 0 Å². The van der Waals surface area contributed by atoms with E-state index in [1.54, 1.807) is 0 Å². The van der Waals surface area contributed by atoms with Gasteiger partial charge in [-0.3, -0.25) is 0 Å². The van der Waals surface area contributed by atoms with Crippen molar-refractivity contribution in [2.24, 2.45) is 0 Å². The number of anilines is 1. The number of benzene rings is 8. The number of rotatable bonds is 11. The highest BCUT2D eigenvalue weighted by molar-refractivity contribution is 6.10. The minimum Gasteiger partial charge on any atom is -0.472 e. The van der Waals surface area contributed by atoms with Crippen LogP contribution in [-0.4, -0.2) is 38.2 Å². The molecule has 3 aliphatic rings. The number of hydrogen-bond acceptors (Lipinski definition) is 8. The van der Waals surface area contributed by atoms with Crippen molar-refractivity contribution < 1.29 is 33.3 Å². The zero-order valence-corrected chi connectivity index (χ0v) is 37.9. The maximum Gasteiger partial charge on any atom is 0.338 e. The molecule has 1 saturated heterocycles. The summed E-state index contributed by atoms with van der Waals surface area (Å²) in [6.45, 7) is 7.72. The molecule has 336 valence electrons. The van der Waals surface area contributed by atoms with E-state index in [0.717, 1.165) is 85.4 Å². The van der Waals surface area contributed by atoms with Gasteiger partial charge in [-0.25, -0.2) is 9.59 Å². The van der Waals surface area contributed by atoms with Gasteiger partial charge < -0.3 is 28.6 Å². The highest BCUT2D eigenvalue weighted by atomic mass is 16.5. The molecule has 0 bridgehead atoms. The van der Waals surface area contributed by atoms with Crippen molar-refractivity contribution in [1.29, 1.82) is 0 Å². The van der Waals surface area contributed by atoms with Crippen molar-refractivity contribution in [2.75, 3.05) is 31.2 Å². The molecule has 8 nitrogen and oxygen atoms in total. The number of carbonyl (C=O) groups excluding carboxylic acids is 2. The zero-order chi connectivity index (χ0) is 46.2. The molecule has 8 aromatic carbocycles. The second-order valence-electron chi connectivity index (χ2n) is 18.0. The summed E-state index contributed by atoms with van der Waals surface area (Å²) >= 11 is 0. The summed E-state index contributed by atoms with van der Waals surface area (Å²) < 4.78 is 31.3. The van der Waals surface area contributed by atoms with Gasteiger partial charge in [0, 0.05) is 46.3 Å². The largest absolute Gasteiger partial charge is 0.472 e. The van der Waals surface area contributed by atoms with Gasteiger partial charge in [-0.2, -0.15) is 0 Å². The Morgan fingerprint density at radius 2 is 1.16 bits per heavy atom. The molecule has 1 unspecified atom stereocenters. The topological polar surface area (TPSA) is 83.5 Å². The summed E-state index contributed by atoms with van der Waals surface area (Å²) in [5, 5.41) is 1.69. The van der Waals surface area contributed by atoms with Gasteiger partial charge in [0.25, 0.3) is 0 Å². The van der Waals surface area contributed by atoms with E-state index >= 15 is 0 Å². The van der Waals surface area contributed by atoms with Gasteiger partial charge in [-0.1, -0.05) is 135 Å². The van der Waals surface area contributed by atoms with Crippen LogP contribution in [0.15, 0.2) is 182 Å². The van der Waals surface area contributed by atoms with Crippen LogP contribution in [0.5, 0.6) is 17.2 Å². The van der Waals surface area contributed by atoms with Gasteiger partial charge >= 0.3 is 11.9 Å². The Morgan fingerprint density at radius 1 is 0.603 bits per heavy atom. The van der Waals surface area contributed by atoms with Crippen LogP contribution in [-0.2, 0) is 38.4 Å². The Kier molecular flexibility index (Phi) is 11.1.